The first-order valence-corrected chi connectivity index (χ1v) is 12.1. The molecule has 2 heterocycles. The maximum atomic E-state index is 12.6. The molecule has 4 rings (SSSR count). The first-order chi connectivity index (χ1) is 14.5. The molecule has 7 heteroatoms. The van der Waals surface area contributed by atoms with Gasteiger partial charge in [-0.25, -0.2) is 4.98 Å². The number of hydrogen-bond acceptors (Lipinski definition) is 3. The molecule has 0 saturated carbocycles. The van der Waals surface area contributed by atoms with Crippen LogP contribution in [0, 0.1) is 0 Å². The molecular weight excluding hydrogens is 503 g/mol. The molecule has 3 aromatic rings. The molecule has 154 valence electrons. The minimum absolute atomic E-state index is 0.0554. The van der Waals surface area contributed by atoms with E-state index in [1.54, 1.807) is 23.5 Å². The van der Waals surface area contributed by atoms with Gasteiger partial charge < -0.3 is 4.90 Å². The van der Waals surface area contributed by atoms with Gasteiger partial charge in [0.15, 0.2) is 0 Å². The second-order valence-electron chi connectivity index (χ2n) is 7.15. The summed E-state index contributed by atoms with van der Waals surface area (Å²) in [6.07, 6.45) is 5.36. The molecule has 3 nitrogen and oxygen atoms in total. The standard InChI is InChI=1S/C23H19BrCl2N2OS/c24-18-4-2-1-3-15(18)6-8-22(29)28-11-9-16(10-12-28)23-27-21(14-30-23)17-5-7-19(25)20(26)13-17/h1-8,13-14,16H,9-12H2/b8-6+. The third-order valence-corrected chi connectivity index (χ3v) is 7.67. The van der Waals surface area contributed by atoms with Crippen LogP contribution in [0.3, 0.4) is 0 Å². The zero-order chi connectivity index (χ0) is 21.1. The number of halogens is 3. The number of aromatic nitrogens is 1. The van der Waals surface area contributed by atoms with Gasteiger partial charge in [0.1, 0.15) is 0 Å². The second kappa shape index (κ2) is 9.65. The number of carbonyl (C=O) groups excluding carboxylic acids is 1. The number of likely N-dealkylation sites (tertiary alicyclic amines) is 1. The lowest BCUT2D eigenvalue weighted by Crippen LogP contribution is -2.36. The highest BCUT2D eigenvalue weighted by atomic mass is 79.9. The molecule has 0 spiro atoms. The smallest absolute Gasteiger partial charge is 0.246 e. The van der Waals surface area contributed by atoms with Crippen LogP contribution in [0.2, 0.25) is 10.0 Å². The van der Waals surface area contributed by atoms with E-state index in [0.717, 1.165) is 52.2 Å². The summed E-state index contributed by atoms with van der Waals surface area (Å²) in [6.45, 7) is 1.48. The second-order valence-corrected chi connectivity index (χ2v) is 9.71. The number of nitrogens with zero attached hydrogens (tertiary/aromatic N) is 2. The van der Waals surface area contributed by atoms with E-state index in [1.807, 2.05) is 47.4 Å². The van der Waals surface area contributed by atoms with Gasteiger partial charge in [-0.15, -0.1) is 11.3 Å². The quantitative estimate of drug-likeness (QED) is 0.337. The van der Waals surface area contributed by atoms with Crippen molar-refractivity contribution >= 4 is 62.5 Å². The Morgan fingerprint density at radius 1 is 1.13 bits per heavy atom. The zero-order valence-corrected chi connectivity index (χ0v) is 19.9. The minimum Gasteiger partial charge on any atom is -0.339 e. The van der Waals surface area contributed by atoms with Crippen LogP contribution in [0.1, 0.15) is 29.3 Å². The van der Waals surface area contributed by atoms with E-state index in [9.17, 15) is 4.79 Å². The third-order valence-electron chi connectivity index (χ3n) is 5.20. The number of hydrogen-bond donors (Lipinski definition) is 0. The minimum atomic E-state index is 0.0554. The summed E-state index contributed by atoms with van der Waals surface area (Å²) in [4.78, 5) is 19.3. The van der Waals surface area contributed by atoms with Crippen molar-refractivity contribution in [3.05, 3.63) is 79.0 Å². The van der Waals surface area contributed by atoms with Crippen molar-refractivity contribution in [2.45, 2.75) is 18.8 Å². The summed E-state index contributed by atoms with van der Waals surface area (Å²) in [5.41, 5.74) is 2.89. The summed E-state index contributed by atoms with van der Waals surface area (Å²) >= 11 is 17.3. The van der Waals surface area contributed by atoms with Gasteiger partial charge in [0.05, 0.1) is 20.7 Å². The van der Waals surface area contributed by atoms with Crippen LogP contribution in [0.5, 0.6) is 0 Å². The Balaban J connectivity index is 1.36. The number of carbonyl (C=O) groups is 1. The molecule has 0 radical (unpaired) electrons. The summed E-state index contributed by atoms with van der Waals surface area (Å²) in [6, 6.07) is 13.4. The van der Waals surface area contributed by atoms with Gasteiger partial charge in [-0.05, 0) is 42.7 Å². The number of thiazole rings is 1. The molecule has 1 aliphatic rings. The van der Waals surface area contributed by atoms with E-state index < -0.39 is 0 Å². The number of rotatable bonds is 4. The summed E-state index contributed by atoms with van der Waals surface area (Å²) in [7, 11) is 0. The van der Waals surface area contributed by atoms with Gasteiger partial charge in [-0.2, -0.15) is 0 Å². The third kappa shape index (κ3) is 4.97. The lowest BCUT2D eigenvalue weighted by Gasteiger charge is -2.30. The number of piperidine rings is 1. The van der Waals surface area contributed by atoms with Crippen molar-refractivity contribution in [3.63, 3.8) is 0 Å². The Morgan fingerprint density at radius 2 is 1.90 bits per heavy atom. The highest BCUT2D eigenvalue weighted by molar-refractivity contribution is 9.10. The maximum Gasteiger partial charge on any atom is 0.246 e. The van der Waals surface area contributed by atoms with Crippen LogP contribution in [0.4, 0.5) is 0 Å². The van der Waals surface area contributed by atoms with Crippen molar-refractivity contribution in [1.82, 2.24) is 9.88 Å². The molecule has 1 fully saturated rings. The largest absolute Gasteiger partial charge is 0.339 e. The Hall–Kier alpha value is -1.66. The summed E-state index contributed by atoms with van der Waals surface area (Å²) < 4.78 is 0.981. The zero-order valence-electron chi connectivity index (χ0n) is 16.0. The predicted octanol–water partition coefficient (Wildman–Crippen LogP) is 7.30. The molecule has 0 aliphatic carbocycles. The molecule has 1 amide bonds. The monoisotopic (exact) mass is 520 g/mol. The average Bonchev–Trinajstić information content (AvgIpc) is 3.25. The van der Waals surface area contributed by atoms with Crippen LogP contribution < -0.4 is 0 Å². The van der Waals surface area contributed by atoms with E-state index >= 15 is 0 Å². The predicted molar refractivity (Wildman–Crippen MR) is 129 cm³/mol. The topological polar surface area (TPSA) is 33.2 Å². The number of amides is 1. The fourth-order valence-corrected chi connectivity index (χ4v) is 5.20. The maximum absolute atomic E-state index is 12.6. The van der Waals surface area contributed by atoms with Gasteiger partial charge in [-0.1, -0.05) is 63.4 Å². The summed E-state index contributed by atoms with van der Waals surface area (Å²) in [5, 5.41) is 4.26. The Kier molecular flexibility index (Phi) is 6.94. The highest BCUT2D eigenvalue weighted by Gasteiger charge is 2.25. The van der Waals surface area contributed by atoms with Gasteiger partial charge in [0, 0.05) is 40.5 Å². The van der Waals surface area contributed by atoms with E-state index in [0.29, 0.717) is 16.0 Å². The van der Waals surface area contributed by atoms with Crippen LogP contribution in [0.15, 0.2) is 58.4 Å². The Labute approximate surface area is 198 Å². The van der Waals surface area contributed by atoms with Crippen molar-refractivity contribution in [2.24, 2.45) is 0 Å². The van der Waals surface area contributed by atoms with Crippen LogP contribution >= 0.6 is 50.5 Å². The number of benzene rings is 2. The molecule has 30 heavy (non-hydrogen) atoms. The van der Waals surface area contributed by atoms with Crippen molar-refractivity contribution < 1.29 is 4.79 Å². The van der Waals surface area contributed by atoms with Crippen molar-refractivity contribution in [2.75, 3.05) is 13.1 Å². The van der Waals surface area contributed by atoms with Gasteiger partial charge in [0.25, 0.3) is 0 Å². The normalized spacial score (nSPS) is 15.1. The molecule has 2 aromatic carbocycles. The average molecular weight is 522 g/mol. The molecule has 0 bridgehead atoms. The fourth-order valence-electron chi connectivity index (χ4n) is 3.49. The summed E-state index contributed by atoms with van der Waals surface area (Å²) in [5.74, 6) is 0.433. The van der Waals surface area contributed by atoms with Gasteiger partial charge in [-0.3, -0.25) is 4.79 Å². The van der Waals surface area contributed by atoms with E-state index in [2.05, 4.69) is 21.3 Å². The van der Waals surface area contributed by atoms with Crippen LogP contribution in [-0.2, 0) is 4.79 Å². The molecule has 0 N–H and O–H groups in total. The molecule has 1 saturated heterocycles. The van der Waals surface area contributed by atoms with Gasteiger partial charge in [0.2, 0.25) is 5.91 Å². The van der Waals surface area contributed by atoms with Crippen molar-refractivity contribution in [3.8, 4) is 11.3 Å². The lowest BCUT2D eigenvalue weighted by atomic mass is 9.97. The van der Waals surface area contributed by atoms with Crippen LogP contribution in [0.25, 0.3) is 17.3 Å². The van der Waals surface area contributed by atoms with E-state index in [1.165, 1.54) is 0 Å². The molecule has 1 aliphatic heterocycles. The lowest BCUT2D eigenvalue weighted by molar-refractivity contribution is -0.126. The first-order valence-electron chi connectivity index (χ1n) is 9.63. The molecular formula is C23H19BrCl2N2OS. The van der Waals surface area contributed by atoms with E-state index in [-0.39, 0.29) is 5.91 Å². The van der Waals surface area contributed by atoms with Crippen molar-refractivity contribution in [1.29, 1.82) is 0 Å². The molecule has 0 unspecified atom stereocenters. The SMILES string of the molecule is O=C(/C=C/c1ccccc1Br)N1CCC(c2nc(-c3ccc(Cl)c(Cl)c3)cs2)CC1. The van der Waals surface area contributed by atoms with Gasteiger partial charge >= 0.3 is 0 Å². The Bertz CT molecular complexity index is 1090. The molecule has 1 aromatic heterocycles. The van der Waals surface area contributed by atoms with Crippen LogP contribution in [-0.4, -0.2) is 28.9 Å². The molecule has 0 atom stereocenters. The fraction of sp³-hybridized carbons (Fsp3) is 0.217. The highest BCUT2D eigenvalue weighted by Crippen LogP contribution is 2.34. The Morgan fingerprint density at radius 3 is 2.63 bits per heavy atom. The first kappa shape index (κ1) is 21.6. The van der Waals surface area contributed by atoms with E-state index in [4.69, 9.17) is 28.2 Å².